The predicted octanol–water partition coefficient (Wildman–Crippen LogP) is 1.33. The lowest BCUT2D eigenvalue weighted by atomic mass is 9.83. The van der Waals surface area contributed by atoms with Gasteiger partial charge in [0.05, 0.1) is 0 Å². The zero-order valence-electron chi connectivity index (χ0n) is 10.9. The molecule has 0 bridgehead atoms. The standard InChI is InChI=1S/C14H27N3/c15-10-11-4-1-2-5-12(11)16-13-7-9-17-8-3-6-14(13)17/h11-14,16H,1-10,15H2. The van der Waals surface area contributed by atoms with Gasteiger partial charge in [-0.25, -0.2) is 0 Å². The van der Waals surface area contributed by atoms with Crippen molar-refractivity contribution in [2.45, 2.75) is 63.1 Å². The number of rotatable bonds is 3. The smallest absolute Gasteiger partial charge is 0.0250 e. The fourth-order valence-corrected chi connectivity index (χ4v) is 4.26. The molecule has 3 aliphatic rings. The average molecular weight is 237 g/mol. The number of nitrogens with zero attached hydrogens (tertiary/aromatic N) is 1. The van der Waals surface area contributed by atoms with Crippen LogP contribution in [0.5, 0.6) is 0 Å². The molecule has 2 aliphatic heterocycles. The molecule has 3 nitrogen and oxygen atoms in total. The molecule has 3 heteroatoms. The lowest BCUT2D eigenvalue weighted by Crippen LogP contribution is -2.50. The second-order valence-electron chi connectivity index (χ2n) is 6.19. The van der Waals surface area contributed by atoms with E-state index in [0.29, 0.717) is 6.04 Å². The molecule has 0 spiro atoms. The predicted molar refractivity (Wildman–Crippen MR) is 70.9 cm³/mol. The monoisotopic (exact) mass is 237 g/mol. The molecule has 3 N–H and O–H groups in total. The molecule has 0 aromatic heterocycles. The molecule has 0 aromatic rings. The number of hydrogen-bond donors (Lipinski definition) is 2. The van der Waals surface area contributed by atoms with Crippen LogP contribution in [-0.4, -0.2) is 42.7 Å². The van der Waals surface area contributed by atoms with Gasteiger partial charge in [0, 0.05) is 24.7 Å². The van der Waals surface area contributed by atoms with Crippen LogP contribution in [-0.2, 0) is 0 Å². The van der Waals surface area contributed by atoms with Crippen molar-refractivity contribution in [2.24, 2.45) is 11.7 Å². The number of nitrogens with one attached hydrogen (secondary N) is 1. The molecule has 17 heavy (non-hydrogen) atoms. The van der Waals surface area contributed by atoms with E-state index in [1.807, 2.05) is 0 Å². The lowest BCUT2D eigenvalue weighted by Gasteiger charge is -2.35. The van der Waals surface area contributed by atoms with E-state index in [4.69, 9.17) is 5.73 Å². The van der Waals surface area contributed by atoms with Crippen LogP contribution >= 0.6 is 0 Å². The molecular formula is C14H27N3. The van der Waals surface area contributed by atoms with E-state index in [-0.39, 0.29) is 0 Å². The molecule has 3 fully saturated rings. The summed E-state index contributed by atoms with van der Waals surface area (Å²) in [7, 11) is 0. The Morgan fingerprint density at radius 1 is 0.941 bits per heavy atom. The van der Waals surface area contributed by atoms with E-state index < -0.39 is 0 Å². The van der Waals surface area contributed by atoms with Crippen LogP contribution in [0, 0.1) is 5.92 Å². The van der Waals surface area contributed by atoms with E-state index in [9.17, 15) is 0 Å². The Kier molecular flexibility index (Phi) is 3.69. The van der Waals surface area contributed by atoms with Crippen molar-refractivity contribution < 1.29 is 0 Å². The minimum atomic E-state index is 0.708. The Bertz CT molecular complexity index is 254. The van der Waals surface area contributed by atoms with Gasteiger partial charge in [0.15, 0.2) is 0 Å². The third kappa shape index (κ3) is 2.38. The van der Waals surface area contributed by atoms with Gasteiger partial charge in [-0.05, 0) is 51.1 Å². The molecule has 4 atom stereocenters. The Morgan fingerprint density at radius 3 is 2.71 bits per heavy atom. The van der Waals surface area contributed by atoms with Crippen molar-refractivity contribution in [1.29, 1.82) is 0 Å². The summed E-state index contributed by atoms with van der Waals surface area (Å²) in [6.07, 6.45) is 9.67. The number of hydrogen-bond acceptors (Lipinski definition) is 3. The SMILES string of the molecule is NCC1CCCCC1NC1CCN2CCCC12. The van der Waals surface area contributed by atoms with Crippen LogP contribution in [0.2, 0.25) is 0 Å². The summed E-state index contributed by atoms with van der Waals surface area (Å²) < 4.78 is 0. The lowest BCUT2D eigenvalue weighted by molar-refractivity contribution is 0.224. The third-order valence-corrected chi connectivity index (χ3v) is 5.25. The van der Waals surface area contributed by atoms with Crippen molar-refractivity contribution in [2.75, 3.05) is 19.6 Å². The first-order chi connectivity index (χ1) is 8.38. The van der Waals surface area contributed by atoms with Crippen LogP contribution in [0.1, 0.15) is 44.9 Å². The zero-order chi connectivity index (χ0) is 11.7. The summed E-state index contributed by atoms with van der Waals surface area (Å²) in [6, 6.07) is 2.31. The topological polar surface area (TPSA) is 41.3 Å². The number of fused-ring (bicyclic) bond motifs is 1. The van der Waals surface area contributed by atoms with Crippen LogP contribution in [0.15, 0.2) is 0 Å². The van der Waals surface area contributed by atoms with Gasteiger partial charge in [0.2, 0.25) is 0 Å². The van der Waals surface area contributed by atoms with E-state index in [1.165, 1.54) is 58.0 Å². The molecule has 0 aromatic carbocycles. The van der Waals surface area contributed by atoms with Gasteiger partial charge in [-0.3, -0.25) is 4.90 Å². The first kappa shape index (κ1) is 11.9. The van der Waals surface area contributed by atoms with E-state index in [0.717, 1.165) is 24.5 Å². The first-order valence-corrected chi connectivity index (χ1v) is 7.58. The Balaban J connectivity index is 1.58. The summed E-state index contributed by atoms with van der Waals surface area (Å²) in [5, 5.41) is 3.97. The van der Waals surface area contributed by atoms with Crippen LogP contribution < -0.4 is 11.1 Å². The highest BCUT2D eigenvalue weighted by atomic mass is 15.2. The second-order valence-corrected chi connectivity index (χ2v) is 6.19. The Labute approximate surface area is 105 Å². The molecule has 3 rings (SSSR count). The second kappa shape index (κ2) is 5.25. The zero-order valence-corrected chi connectivity index (χ0v) is 10.9. The molecule has 1 saturated carbocycles. The van der Waals surface area contributed by atoms with Crippen molar-refractivity contribution in [3.05, 3.63) is 0 Å². The maximum absolute atomic E-state index is 5.92. The van der Waals surface area contributed by atoms with Gasteiger partial charge in [-0.1, -0.05) is 12.8 Å². The fraction of sp³-hybridized carbons (Fsp3) is 1.00. The van der Waals surface area contributed by atoms with Gasteiger partial charge in [-0.2, -0.15) is 0 Å². The van der Waals surface area contributed by atoms with Crippen molar-refractivity contribution >= 4 is 0 Å². The van der Waals surface area contributed by atoms with Crippen molar-refractivity contribution in [1.82, 2.24) is 10.2 Å². The Hall–Kier alpha value is -0.120. The van der Waals surface area contributed by atoms with Gasteiger partial charge < -0.3 is 11.1 Å². The molecule has 4 unspecified atom stereocenters. The normalized spacial score (nSPS) is 42.9. The third-order valence-electron chi connectivity index (χ3n) is 5.25. The van der Waals surface area contributed by atoms with Gasteiger partial charge in [0.1, 0.15) is 0 Å². The highest BCUT2D eigenvalue weighted by Gasteiger charge is 2.38. The van der Waals surface area contributed by atoms with Gasteiger partial charge in [-0.15, -0.1) is 0 Å². The molecule has 2 heterocycles. The minimum absolute atomic E-state index is 0.708. The maximum Gasteiger partial charge on any atom is 0.0250 e. The fourth-order valence-electron chi connectivity index (χ4n) is 4.26. The van der Waals surface area contributed by atoms with Crippen molar-refractivity contribution in [3.8, 4) is 0 Å². The molecular weight excluding hydrogens is 210 g/mol. The van der Waals surface area contributed by atoms with Crippen molar-refractivity contribution in [3.63, 3.8) is 0 Å². The largest absolute Gasteiger partial charge is 0.330 e. The molecule has 0 amide bonds. The van der Waals surface area contributed by atoms with Gasteiger partial charge >= 0.3 is 0 Å². The summed E-state index contributed by atoms with van der Waals surface area (Å²) in [5.74, 6) is 0.735. The maximum atomic E-state index is 5.92. The average Bonchev–Trinajstić information content (AvgIpc) is 2.95. The van der Waals surface area contributed by atoms with Crippen LogP contribution in [0.25, 0.3) is 0 Å². The minimum Gasteiger partial charge on any atom is -0.330 e. The molecule has 1 aliphatic carbocycles. The highest BCUT2D eigenvalue weighted by molar-refractivity contribution is 4.98. The summed E-state index contributed by atoms with van der Waals surface area (Å²) in [6.45, 7) is 3.54. The number of nitrogens with two attached hydrogens (primary N) is 1. The summed E-state index contributed by atoms with van der Waals surface area (Å²) >= 11 is 0. The molecule has 2 saturated heterocycles. The summed E-state index contributed by atoms with van der Waals surface area (Å²) in [5.41, 5.74) is 5.92. The molecule has 0 radical (unpaired) electrons. The quantitative estimate of drug-likeness (QED) is 0.778. The summed E-state index contributed by atoms with van der Waals surface area (Å²) in [4.78, 5) is 2.69. The van der Waals surface area contributed by atoms with E-state index in [1.54, 1.807) is 0 Å². The van der Waals surface area contributed by atoms with Crippen LogP contribution in [0.3, 0.4) is 0 Å². The molecule has 98 valence electrons. The highest BCUT2D eigenvalue weighted by Crippen LogP contribution is 2.30. The Morgan fingerprint density at radius 2 is 1.82 bits per heavy atom. The van der Waals surface area contributed by atoms with Gasteiger partial charge in [0.25, 0.3) is 0 Å². The first-order valence-electron chi connectivity index (χ1n) is 7.58. The van der Waals surface area contributed by atoms with Crippen LogP contribution in [0.4, 0.5) is 0 Å². The van der Waals surface area contributed by atoms with E-state index in [2.05, 4.69) is 10.2 Å². The van der Waals surface area contributed by atoms with E-state index >= 15 is 0 Å².